The molecule has 3 heteroatoms. The number of Topliss-reactive ketones (excluding diaryl/α,β-unsaturated/α-hetero) is 2. The van der Waals surface area contributed by atoms with E-state index in [1.807, 2.05) is 6.92 Å². The van der Waals surface area contributed by atoms with Gasteiger partial charge >= 0.3 is 0 Å². The first-order valence-corrected chi connectivity index (χ1v) is 4.55. The van der Waals surface area contributed by atoms with Crippen LogP contribution in [0, 0.1) is 0 Å². The van der Waals surface area contributed by atoms with E-state index >= 15 is 0 Å². The third-order valence-corrected chi connectivity index (χ3v) is 2.24. The molecule has 14 heavy (non-hydrogen) atoms. The fourth-order valence-corrected chi connectivity index (χ4v) is 1.58. The number of carbonyl (C=O) groups is 2. The molecule has 72 valence electrons. The SMILES string of the molecule is CCOc1ccc2c(c1)C(=O)C(=O)C2. The second-order valence-electron chi connectivity index (χ2n) is 3.18. The van der Waals surface area contributed by atoms with E-state index in [4.69, 9.17) is 4.74 Å². The molecule has 2 rings (SSSR count). The minimum absolute atomic E-state index is 0.237. The molecule has 1 aliphatic rings. The maximum atomic E-state index is 11.3. The Kier molecular flexibility index (Phi) is 2.08. The third-order valence-electron chi connectivity index (χ3n) is 2.24. The fraction of sp³-hybridized carbons (Fsp3) is 0.273. The Bertz CT molecular complexity index is 407. The minimum Gasteiger partial charge on any atom is -0.494 e. The molecule has 0 spiro atoms. The van der Waals surface area contributed by atoms with Gasteiger partial charge in [0.05, 0.1) is 6.61 Å². The smallest absolute Gasteiger partial charge is 0.229 e. The molecule has 0 amide bonds. The molecule has 0 heterocycles. The Hall–Kier alpha value is -1.64. The lowest BCUT2D eigenvalue weighted by atomic mass is 10.1. The molecule has 0 unspecified atom stereocenters. The average Bonchev–Trinajstić information content (AvgIpc) is 2.45. The van der Waals surface area contributed by atoms with Gasteiger partial charge in [-0.3, -0.25) is 9.59 Å². The number of rotatable bonds is 2. The number of carbonyl (C=O) groups excluding carboxylic acids is 2. The number of ether oxygens (including phenoxy) is 1. The molecule has 1 aromatic rings. The number of hydrogen-bond acceptors (Lipinski definition) is 3. The normalized spacial score (nSPS) is 14.4. The summed E-state index contributed by atoms with van der Waals surface area (Å²) in [5, 5.41) is 0. The van der Waals surface area contributed by atoms with Crippen molar-refractivity contribution in [2.45, 2.75) is 13.3 Å². The predicted molar refractivity (Wildman–Crippen MR) is 50.7 cm³/mol. The topological polar surface area (TPSA) is 43.4 Å². The molecular formula is C11H10O3. The highest BCUT2D eigenvalue weighted by Gasteiger charge is 2.28. The van der Waals surface area contributed by atoms with Crippen molar-refractivity contribution in [3.8, 4) is 5.75 Å². The summed E-state index contributed by atoms with van der Waals surface area (Å²) in [7, 11) is 0. The van der Waals surface area contributed by atoms with Crippen LogP contribution in [0.1, 0.15) is 22.8 Å². The lowest BCUT2D eigenvalue weighted by Gasteiger charge is -2.03. The van der Waals surface area contributed by atoms with Gasteiger partial charge in [-0.25, -0.2) is 0 Å². The third kappa shape index (κ3) is 1.31. The number of ketones is 2. The molecule has 0 saturated heterocycles. The largest absolute Gasteiger partial charge is 0.494 e. The lowest BCUT2D eigenvalue weighted by Crippen LogP contribution is -2.05. The van der Waals surface area contributed by atoms with E-state index in [1.54, 1.807) is 18.2 Å². The van der Waals surface area contributed by atoms with Gasteiger partial charge in [0.1, 0.15) is 5.75 Å². The average molecular weight is 190 g/mol. The summed E-state index contributed by atoms with van der Waals surface area (Å²) in [6.07, 6.45) is 0.237. The summed E-state index contributed by atoms with van der Waals surface area (Å²) in [6, 6.07) is 5.21. The van der Waals surface area contributed by atoms with E-state index in [0.29, 0.717) is 17.9 Å². The fourth-order valence-electron chi connectivity index (χ4n) is 1.58. The number of hydrogen-bond donors (Lipinski definition) is 0. The van der Waals surface area contributed by atoms with Gasteiger partial charge < -0.3 is 4.74 Å². The predicted octanol–water partition coefficient (Wildman–Crippen LogP) is 1.39. The number of fused-ring (bicyclic) bond motifs is 1. The molecule has 0 saturated carbocycles. The van der Waals surface area contributed by atoms with Gasteiger partial charge in [-0.2, -0.15) is 0 Å². The lowest BCUT2D eigenvalue weighted by molar-refractivity contribution is -0.114. The van der Waals surface area contributed by atoms with Crippen molar-refractivity contribution in [3.05, 3.63) is 29.3 Å². The summed E-state index contributed by atoms with van der Waals surface area (Å²) < 4.78 is 5.25. The molecule has 0 fully saturated rings. The van der Waals surface area contributed by atoms with Crippen LogP contribution in [0.2, 0.25) is 0 Å². The summed E-state index contributed by atoms with van der Waals surface area (Å²) in [4.78, 5) is 22.5. The summed E-state index contributed by atoms with van der Waals surface area (Å²) in [6.45, 7) is 2.43. The molecule has 1 aromatic carbocycles. The Morgan fingerprint density at radius 1 is 1.36 bits per heavy atom. The van der Waals surface area contributed by atoms with Crippen molar-refractivity contribution in [1.82, 2.24) is 0 Å². The first-order valence-electron chi connectivity index (χ1n) is 4.55. The molecule has 0 atom stereocenters. The zero-order chi connectivity index (χ0) is 10.1. The standard InChI is InChI=1S/C11H10O3/c1-2-14-8-4-3-7-5-10(12)11(13)9(7)6-8/h3-4,6H,2,5H2,1H3. The maximum absolute atomic E-state index is 11.3. The highest BCUT2D eigenvalue weighted by Crippen LogP contribution is 2.24. The Labute approximate surface area is 81.7 Å². The first-order chi connectivity index (χ1) is 6.72. The van der Waals surface area contributed by atoms with Gasteiger partial charge in [0.25, 0.3) is 0 Å². The Morgan fingerprint density at radius 3 is 2.86 bits per heavy atom. The first kappa shape index (κ1) is 8.94. The monoisotopic (exact) mass is 190 g/mol. The Balaban J connectivity index is 2.41. The van der Waals surface area contributed by atoms with Crippen molar-refractivity contribution in [2.75, 3.05) is 6.61 Å². The van der Waals surface area contributed by atoms with Gasteiger partial charge in [-0.15, -0.1) is 0 Å². The van der Waals surface area contributed by atoms with E-state index in [2.05, 4.69) is 0 Å². The van der Waals surface area contributed by atoms with Gasteiger partial charge in [-0.05, 0) is 24.6 Å². The van der Waals surface area contributed by atoms with Crippen molar-refractivity contribution in [3.63, 3.8) is 0 Å². The zero-order valence-electron chi connectivity index (χ0n) is 7.87. The molecule has 0 bridgehead atoms. The van der Waals surface area contributed by atoms with Crippen molar-refractivity contribution in [1.29, 1.82) is 0 Å². The van der Waals surface area contributed by atoms with Crippen LogP contribution in [-0.2, 0) is 11.2 Å². The zero-order valence-corrected chi connectivity index (χ0v) is 7.87. The number of benzene rings is 1. The molecule has 0 radical (unpaired) electrons. The van der Waals surface area contributed by atoms with Crippen LogP contribution in [0.4, 0.5) is 0 Å². The second kappa shape index (κ2) is 3.25. The van der Waals surface area contributed by atoms with Crippen molar-refractivity contribution in [2.24, 2.45) is 0 Å². The van der Waals surface area contributed by atoms with Crippen LogP contribution in [0.25, 0.3) is 0 Å². The van der Waals surface area contributed by atoms with Crippen LogP contribution in [-0.4, -0.2) is 18.2 Å². The molecule has 0 N–H and O–H groups in total. The molecule has 0 aromatic heterocycles. The maximum Gasteiger partial charge on any atom is 0.229 e. The van der Waals surface area contributed by atoms with E-state index in [-0.39, 0.29) is 18.0 Å². The van der Waals surface area contributed by atoms with E-state index in [0.717, 1.165) is 5.56 Å². The Morgan fingerprint density at radius 2 is 2.14 bits per heavy atom. The summed E-state index contributed by atoms with van der Waals surface area (Å²) >= 11 is 0. The summed E-state index contributed by atoms with van der Waals surface area (Å²) in [5.74, 6) is -0.0653. The molecular weight excluding hydrogens is 180 g/mol. The highest BCUT2D eigenvalue weighted by atomic mass is 16.5. The second-order valence-corrected chi connectivity index (χ2v) is 3.18. The highest BCUT2D eigenvalue weighted by molar-refractivity contribution is 6.47. The van der Waals surface area contributed by atoms with Crippen molar-refractivity contribution >= 4 is 11.6 Å². The van der Waals surface area contributed by atoms with Gasteiger partial charge in [0.15, 0.2) is 0 Å². The molecule has 1 aliphatic carbocycles. The van der Waals surface area contributed by atoms with Crippen LogP contribution in [0.5, 0.6) is 5.75 Å². The quantitative estimate of drug-likeness (QED) is 0.662. The van der Waals surface area contributed by atoms with Crippen LogP contribution in [0.15, 0.2) is 18.2 Å². The van der Waals surface area contributed by atoms with Gasteiger partial charge in [-0.1, -0.05) is 6.07 Å². The van der Waals surface area contributed by atoms with Crippen LogP contribution < -0.4 is 4.74 Å². The minimum atomic E-state index is -0.387. The van der Waals surface area contributed by atoms with E-state index < -0.39 is 0 Å². The molecule has 0 aliphatic heterocycles. The van der Waals surface area contributed by atoms with Gasteiger partial charge in [0.2, 0.25) is 11.6 Å². The van der Waals surface area contributed by atoms with Crippen LogP contribution >= 0.6 is 0 Å². The van der Waals surface area contributed by atoms with Crippen LogP contribution in [0.3, 0.4) is 0 Å². The van der Waals surface area contributed by atoms with E-state index in [9.17, 15) is 9.59 Å². The van der Waals surface area contributed by atoms with Gasteiger partial charge in [0, 0.05) is 12.0 Å². The van der Waals surface area contributed by atoms with Crippen molar-refractivity contribution < 1.29 is 14.3 Å². The molecule has 3 nitrogen and oxygen atoms in total. The van der Waals surface area contributed by atoms with E-state index in [1.165, 1.54) is 0 Å². The summed E-state index contributed by atoms with van der Waals surface area (Å²) in [5.41, 5.74) is 1.31.